The Kier molecular flexibility index (Phi) is 1.74. The number of benzene rings is 1. The van der Waals surface area contributed by atoms with Crippen LogP contribution in [0.2, 0.25) is 0 Å². The SMILES string of the molecule is O=C(O)C1CC1c1c[nH]c2ccc(O)cc12. The van der Waals surface area contributed by atoms with Gasteiger partial charge in [-0.05, 0) is 30.2 Å². The maximum absolute atomic E-state index is 10.8. The highest BCUT2D eigenvalue weighted by Gasteiger charge is 2.45. The molecule has 1 heterocycles. The van der Waals surface area contributed by atoms with Crippen LogP contribution in [0.1, 0.15) is 17.9 Å². The topological polar surface area (TPSA) is 73.3 Å². The number of aromatic nitrogens is 1. The monoisotopic (exact) mass is 217 g/mol. The minimum atomic E-state index is -0.737. The van der Waals surface area contributed by atoms with Gasteiger partial charge in [0.1, 0.15) is 5.75 Å². The van der Waals surface area contributed by atoms with Crippen LogP contribution >= 0.6 is 0 Å². The lowest BCUT2D eigenvalue weighted by Gasteiger charge is -1.97. The zero-order valence-electron chi connectivity index (χ0n) is 8.47. The van der Waals surface area contributed by atoms with Crippen molar-refractivity contribution in [2.75, 3.05) is 0 Å². The van der Waals surface area contributed by atoms with E-state index in [1.165, 1.54) is 0 Å². The van der Waals surface area contributed by atoms with Crippen molar-refractivity contribution >= 4 is 16.9 Å². The normalized spacial score (nSPS) is 23.5. The Bertz CT molecular complexity index is 573. The van der Waals surface area contributed by atoms with E-state index in [-0.39, 0.29) is 17.6 Å². The summed E-state index contributed by atoms with van der Waals surface area (Å²) in [5.41, 5.74) is 1.93. The average Bonchev–Trinajstić information content (AvgIpc) is 2.93. The number of nitrogens with one attached hydrogen (secondary N) is 1. The molecule has 4 nitrogen and oxygen atoms in total. The van der Waals surface area contributed by atoms with E-state index in [9.17, 15) is 9.90 Å². The van der Waals surface area contributed by atoms with E-state index >= 15 is 0 Å². The summed E-state index contributed by atoms with van der Waals surface area (Å²) in [6.45, 7) is 0. The van der Waals surface area contributed by atoms with Gasteiger partial charge in [-0.3, -0.25) is 4.79 Å². The number of H-pyrrole nitrogens is 1. The van der Waals surface area contributed by atoms with Crippen molar-refractivity contribution < 1.29 is 15.0 Å². The van der Waals surface area contributed by atoms with Crippen LogP contribution in [0.5, 0.6) is 5.75 Å². The zero-order chi connectivity index (χ0) is 11.3. The van der Waals surface area contributed by atoms with Gasteiger partial charge in [-0.25, -0.2) is 0 Å². The molecule has 82 valence electrons. The van der Waals surface area contributed by atoms with Gasteiger partial charge in [0.25, 0.3) is 0 Å². The molecule has 0 amide bonds. The summed E-state index contributed by atoms with van der Waals surface area (Å²) in [4.78, 5) is 13.9. The molecule has 2 aromatic rings. The second kappa shape index (κ2) is 3.01. The van der Waals surface area contributed by atoms with Crippen LogP contribution < -0.4 is 0 Å². The van der Waals surface area contributed by atoms with Crippen molar-refractivity contribution in [2.24, 2.45) is 5.92 Å². The van der Waals surface area contributed by atoms with Crippen LogP contribution in [-0.2, 0) is 4.79 Å². The first-order valence-corrected chi connectivity index (χ1v) is 5.19. The van der Waals surface area contributed by atoms with Gasteiger partial charge in [-0.1, -0.05) is 0 Å². The van der Waals surface area contributed by atoms with Gasteiger partial charge < -0.3 is 15.2 Å². The minimum Gasteiger partial charge on any atom is -0.508 e. The molecule has 1 saturated carbocycles. The predicted molar refractivity (Wildman–Crippen MR) is 58.4 cm³/mol. The fourth-order valence-corrected chi connectivity index (χ4v) is 2.25. The van der Waals surface area contributed by atoms with Gasteiger partial charge >= 0.3 is 5.97 Å². The van der Waals surface area contributed by atoms with E-state index in [2.05, 4.69) is 4.98 Å². The summed E-state index contributed by atoms with van der Waals surface area (Å²) in [6, 6.07) is 5.09. The third kappa shape index (κ3) is 1.26. The van der Waals surface area contributed by atoms with Gasteiger partial charge in [-0.15, -0.1) is 0 Å². The van der Waals surface area contributed by atoms with Crippen LogP contribution in [0.3, 0.4) is 0 Å². The molecule has 3 rings (SSSR count). The van der Waals surface area contributed by atoms with E-state index < -0.39 is 5.97 Å². The summed E-state index contributed by atoms with van der Waals surface area (Å²) in [5.74, 6) is -0.699. The van der Waals surface area contributed by atoms with E-state index in [0.717, 1.165) is 16.5 Å². The number of aromatic amines is 1. The van der Waals surface area contributed by atoms with Crippen LogP contribution in [0, 0.1) is 5.92 Å². The molecule has 2 unspecified atom stereocenters. The Morgan fingerprint density at radius 1 is 1.44 bits per heavy atom. The molecular weight excluding hydrogens is 206 g/mol. The van der Waals surface area contributed by atoms with Crippen LogP contribution in [0.15, 0.2) is 24.4 Å². The highest BCUT2D eigenvalue weighted by Crippen LogP contribution is 2.49. The molecule has 0 aliphatic heterocycles. The number of carboxylic acid groups (broad SMARTS) is 1. The van der Waals surface area contributed by atoms with Gasteiger partial charge in [0.2, 0.25) is 0 Å². The Balaban J connectivity index is 2.05. The van der Waals surface area contributed by atoms with Crippen molar-refractivity contribution in [1.82, 2.24) is 4.98 Å². The summed E-state index contributed by atoms with van der Waals surface area (Å²) in [6.07, 6.45) is 2.54. The lowest BCUT2D eigenvalue weighted by atomic mass is 10.1. The second-order valence-electron chi connectivity index (χ2n) is 4.26. The maximum atomic E-state index is 10.8. The van der Waals surface area contributed by atoms with E-state index in [4.69, 9.17) is 5.11 Å². The highest BCUT2D eigenvalue weighted by atomic mass is 16.4. The number of phenols is 1. The maximum Gasteiger partial charge on any atom is 0.307 e. The molecule has 2 atom stereocenters. The lowest BCUT2D eigenvalue weighted by molar-refractivity contribution is -0.138. The Morgan fingerprint density at radius 3 is 2.94 bits per heavy atom. The third-order valence-corrected chi connectivity index (χ3v) is 3.20. The number of phenolic OH excluding ortho intramolecular Hbond substituents is 1. The van der Waals surface area contributed by atoms with E-state index in [1.54, 1.807) is 18.2 Å². The Hall–Kier alpha value is -1.97. The van der Waals surface area contributed by atoms with Gasteiger partial charge in [-0.2, -0.15) is 0 Å². The van der Waals surface area contributed by atoms with Crippen LogP contribution in [0.25, 0.3) is 10.9 Å². The molecule has 1 aliphatic carbocycles. The van der Waals surface area contributed by atoms with Gasteiger partial charge in [0.15, 0.2) is 0 Å². The number of rotatable bonds is 2. The zero-order valence-corrected chi connectivity index (χ0v) is 8.47. The molecule has 1 aromatic carbocycles. The first-order valence-electron chi connectivity index (χ1n) is 5.19. The molecule has 0 saturated heterocycles. The average molecular weight is 217 g/mol. The van der Waals surface area contributed by atoms with Gasteiger partial charge in [0.05, 0.1) is 5.92 Å². The molecule has 1 fully saturated rings. The van der Waals surface area contributed by atoms with Crippen molar-refractivity contribution in [3.63, 3.8) is 0 Å². The summed E-state index contributed by atoms with van der Waals surface area (Å²) < 4.78 is 0. The molecular formula is C12H11NO3. The Morgan fingerprint density at radius 2 is 2.25 bits per heavy atom. The number of hydrogen-bond donors (Lipinski definition) is 3. The lowest BCUT2D eigenvalue weighted by Crippen LogP contribution is -1.98. The molecule has 3 N–H and O–H groups in total. The van der Waals surface area contributed by atoms with Crippen LogP contribution in [-0.4, -0.2) is 21.2 Å². The van der Waals surface area contributed by atoms with E-state index in [1.807, 2.05) is 6.20 Å². The fraction of sp³-hybridized carbons (Fsp3) is 0.250. The predicted octanol–water partition coefficient (Wildman–Crippen LogP) is 2.06. The number of aliphatic carboxylic acids is 1. The summed E-state index contributed by atoms with van der Waals surface area (Å²) in [7, 11) is 0. The standard InChI is InChI=1S/C12H11NO3/c14-6-1-2-11-8(3-6)10(5-13-11)7-4-9(7)12(15)16/h1-3,5,7,9,13-14H,4H2,(H,15,16). The largest absolute Gasteiger partial charge is 0.508 e. The van der Waals surface area contributed by atoms with Crippen molar-refractivity contribution in [2.45, 2.75) is 12.3 Å². The molecule has 1 aliphatic rings. The third-order valence-electron chi connectivity index (χ3n) is 3.20. The number of carbonyl (C=O) groups is 1. The number of hydrogen-bond acceptors (Lipinski definition) is 2. The number of aromatic hydroxyl groups is 1. The summed E-state index contributed by atoms with van der Waals surface area (Å²) in [5, 5.41) is 19.2. The van der Waals surface area contributed by atoms with Crippen LogP contribution in [0.4, 0.5) is 0 Å². The second-order valence-corrected chi connectivity index (χ2v) is 4.26. The molecule has 0 spiro atoms. The van der Waals surface area contributed by atoms with E-state index in [0.29, 0.717) is 6.42 Å². The van der Waals surface area contributed by atoms with Gasteiger partial charge in [0, 0.05) is 23.0 Å². The highest BCUT2D eigenvalue weighted by molar-refractivity contribution is 5.87. The first-order chi connectivity index (χ1) is 7.66. The summed E-state index contributed by atoms with van der Waals surface area (Å²) >= 11 is 0. The fourth-order valence-electron chi connectivity index (χ4n) is 2.25. The quantitative estimate of drug-likeness (QED) is 0.720. The molecule has 0 bridgehead atoms. The number of carboxylic acids is 1. The molecule has 4 heteroatoms. The molecule has 1 aromatic heterocycles. The van der Waals surface area contributed by atoms with Crippen molar-refractivity contribution in [1.29, 1.82) is 0 Å². The minimum absolute atomic E-state index is 0.0908. The first kappa shape index (κ1) is 9.27. The molecule has 16 heavy (non-hydrogen) atoms. The Labute approximate surface area is 91.5 Å². The van der Waals surface area contributed by atoms with Crippen molar-refractivity contribution in [3.8, 4) is 5.75 Å². The van der Waals surface area contributed by atoms with Crippen molar-refractivity contribution in [3.05, 3.63) is 30.0 Å². The molecule has 0 radical (unpaired) electrons. The smallest absolute Gasteiger partial charge is 0.307 e. The number of fused-ring (bicyclic) bond motifs is 1.